The second-order valence-electron chi connectivity index (χ2n) is 11.6. The van der Waals surface area contributed by atoms with Crippen LogP contribution < -0.4 is 16.6 Å². The number of carbonyl (C=O) groups excluding carboxylic acids is 1. The molecule has 46 heavy (non-hydrogen) atoms. The highest BCUT2D eigenvalue weighted by atomic mass is 19.1. The summed E-state index contributed by atoms with van der Waals surface area (Å²) in [7, 11) is 0. The van der Waals surface area contributed by atoms with Crippen LogP contribution in [-0.4, -0.2) is 40.6 Å². The van der Waals surface area contributed by atoms with Crippen LogP contribution in [-0.2, 0) is 0 Å². The van der Waals surface area contributed by atoms with Crippen molar-refractivity contribution in [2.24, 2.45) is 0 Å². The van der Waals surface area contributed by atoms with Crippen LogP contribution in [0.25, 0.3) is 33.5 Å². The maximum Gasteiger partial charge on any atom is 0.337 e. The van der Waals surface area contributed by atoms with Crippen LogP contribution in [0.15, 0.2) is 88.8 Å². The summed E-state index contributed by atoms with van der Waals surface area (Å²) in [5, 5.41) is 12.8. The molecule has 1 saturated carbocycles. The van der Waals surface area contributed by atoms with Gasteiger partial charge in [-0.25, -0.2) is 28.1 Å². The monoisotopic (exact) mass is 622 g/mol. The van der Waals surface area contributed by atoms with Gasteiger partial charge in [0.15, 0.2) is 5.65 Å². The number of rotatable bonds is 5. The molecule has 0 radical (unpaired) electrons. The van der Waals surface area contributed by atoms with Gasteiger partial charge in [-0.3, -0.25) is 14.2 Å². The molecule has 0 unspecified atom stereocenters. The fraction of sp³-hybridized carbons (Fsp3) is 0.206. The highest BCUT2D eigenvalue weighted by molar-refractivity contribution is 5.93. The van der Waals surface area contributed by atoms with Gasteiger partial charge in [-0.15, -0.1) is 0 Å². The lowest BCUT2D eigenvalue weighted by atomic mass is 9.90. The van der Waals surface area contributed by atoms with Gasteiger partial charge in [-0.1, -0.05) is 18.2 Å². The minimum absolute atomic E-state index is 0.0236. The molecule has 2 N–H and O–H groups in total. The molecular formula is C34H28F2N6O4. The van der Waals surface area contributed by atoms with Crippen molar-refractivity contribution in [2.45, 2.75) is 44.7 Å². The number of hydrogen-bond acceptors (Lipinski definition) is 6. The van der Waals surface area contributed by atoms with Crippen molar-refractivity contribution < 1.29 is 18.7 Å². The molecule has 0 bridgehead atoms. The number of phenols is 1. The number of hydrogen-bond donors (Lipinski definition) is 2. The normalized spacial score (nSPS) is 16.6. The number of benzene rings is 2. The lowest BCUT2D eigenvalue weighted by molar-refractivity contribution is 0.0917. The fourth-order valence-corrected chi connectivity index (χ4v) is 6.33. The summed E-state index contributed by atoms with van der Waals surface area (Å²) >= 11 is 0. The number of pyridine rings is 2. The minimum Gasteiger partial charge on any atom is -0.508 e. The molecule has 12 heteroatoms. The molecule has 2 aromatic carbocycles. The molecule has 0 saturated heterocycles. The van der Waals surface area contributed by atoms with Crippen molar-refractivity contribution in [1.29, 1.82) is 0 Å². The number of carbonyl (C=O) groups is 1. The Morgan fingerprint density at radius 2 is 1.76 bits per heavy atom. The summed E-state index contributed by atoms with van der Waals surface area (Å²) in [6.07, 6.45) is 5.48. The van der Waals surface area contributed by atoms with Crippen LogP contribution in [0, 0.1) is 18.6 Å². The number of fused-ring (bicyclic) bond motifs is 2. The number of nitrogens with zero attached hydrogens (tertiary/aromatic N) is 5. The number of nitrogens with one attached hydrogen (secondary N) is 1. The second-order valence-corrected chi connectivity index (χ2v) is 11.6. The molecule has 4 aromatic heterocycles. The number of phenolic OH excluding ortho intramolecular Hbond substituents is 1. The van der Waals surface area contributed by atoms with E-state index in [1.54, 1.807) is 36.4 Å². The first-order valence-electron chi connectivity index (χ1n) is 14.8. The summed E-state index contributed by atoms with van der Waals surface area (Å²) in [4.78, 5) is 49.2. The molecule has 6 aromatic rings. The summed E-state index contributed by atoms with van der Waals surface area (Å²) in [5.41, 5.74) is 2.32. The Balaban J connectivity index is 1.20. The van der Waals surface area contributed by atoms with E-state index in [0.717, 1.165) is 29.0 Å². The Hall–Kier alpha value is -5.65. The van der Waals surface area contributed by atoms with Crippen molar-refractivity contribution in [3.8, 4) is 22.6 Å². The number of amides is 1. The topological polar surface area (TPSA) is 124 Å². The molecule has 1 aliphatic rings. The van der Waals surface area contributed by atoms with E-state index in [1.807, 2.05) is 13.0 Å². The lowest BCUT2D eigenvalue weighted by Gasteiger charge is -2.30. The van der Waals surface area contributed by atoms with E-state index in [-0.39, 0.29) is 28.5 Å². The Bertz CT molecular complexity index is 2280. The van der Waals surface area contributed by atoms with E-state index in [2.05, 4.69) is 15.3 Å². The van der Waals surface area contributed by atoms with Gasteiger partial charge in [0.2, 0.25) is 0 Å². The average molecular weight is 623 g/mol. The number of aromatic nitrogens is 5. The predicted octanol–water partition coefficient (Wildman–Crippen LogP) is 5.07. The zero-order valence-electron chi connectivity index (χ0n) is 24.7. The van der Waals surface area contributed by atoms with E-state index in [4.69, 9.17) is 0 Å². The van der Waals surface area contributed by atoms with Crippen LogP contribution in [0.2, 0.25) is 0 Å². The van der Waals surface area contributed by atoms with Gasteiger partial charge in [0, 0.05) is 24.5 Å². The van der Waals surface area contributed by atoms with E-state index in [9.17, 15) is 28.3 Å². The van der Waals surface area contributed by atoms with Gasteiger partial charge >= 0.3 is 5.69 Å². The van der Waals surface area contributed by atoms with E-state index >= 15 is 0 Å². The van der Waals surface area contributed by atoms with Crippen molar-refractivity contribution in [2.75, 3.05) is 0 Å². The molecular weight excluding hydrogens is 594 g/mol. The maximum absolute atomic E-state index is 14.4. The molecule has 0 spiro atoms. The SMILES string of the molecule is Cc1cc(O)ccc1-c1cccc(-n2c(=O)n([C@H]3CC[C@@H](NC(=O)c4cn5cc(F)ccc5n4)CC3)c(=O)c3cc(F)cnc32)c1. The fourth-order valence-electron chi connectivity index (χ4n) is 6.33. The van der Waals surface area contributed by atoms with Crippen LogP contribution in [0.5, 0.6) is 5.75 Å². The first kappa shape index (κ1) is 29.1. The molecule has 10 nitrogen and oxygen atoms in total. The van der Waals surface area contributed by atoms with Gasteiger partial charge in [0.1, 0.15) is 28.7 Å². The molecule has 7 rings (SSSR count). The Morgan fingerprint density at radius 1 is 0.957 bits per heavy atom. The van der Waals surface area contributed by atoms with Gasteiger partial charge in [-0.2, -0.15) is 0 Å². The molecule has 0 aliphatic heterocycles. The smallest absolute Gasteiger partial charge is 0.337 e. The largest absolute Gasteiger partial charge is 0.508 e. The summed E-state index contributed by atoms with van der Waals surface area (Å²) in [6, 6.07) is 15.3. The molecule has 1 aliphatic carbocycles. The van der Waals surface area contributed by atoms with E-state index in [1.165, 1.54) is 38.1 Å². The van der Waals surface area contributed by atoms with E-state index < -0.39 is 34.8 Å². The molecule has 0 atom stereocenters. The van der Waals surface area contributed by atoms with Crippen molar-refractivity contribution in [3.63, 3.8) is 0 Å². The predicted molar refractivity (Wildman–Crippen MR) is 167 cm³/mol. The summed E-state index contributed by atoms with van der Waals surface area (Å²) < 4.78 is 31.9. The number of halogens is 2. The maximum atomic E-state index is 14.4. The number of aromatic hydroxyl groups is 1. The van der Waals surface area contributed by atoms with Crippen LogP contribution in [0.4, 0.5) is 8.78 Å². The first-order valence-corrected chi connectivity index (χ1v) is 14.8. The minimum atomic E-state index is -0.698. The number of aryl methyl sites for hydroxylation is 1. The van der Waals surface area contributed by atoms with Gasteiger partial charge < -0.3 is 14.8 Å². The van der Waals surface area contributed by atoms with Gasteiger partial charge in [0.05, 0.1) is 17.3 Å². The zero-order chi connectivity index (χ0) is 32.1. The van der Waals surface area contributed by atoms with E-state index in [0.29, 0.717) is 37.0 Å². The highest BCUT2D eigenvalue weighted by Gasteiger charge is 2.28. The van der Waals surface area contributed by atoms with Crippen LogP contribution in [0.1, 0.15) is 47.8 Å². The second kappa shape index (κ2) is 11.4. The van der Waals surface area contributed by atoms with Crippen LogP contribution in [0.3, 0.4) is 0 Å². The third-order valence-electron chi connectivity index (χ3n) is 8.56. The highest BCUT2D eigenvalue weighted by Crippen LogP contribution is 2.30. The van der Waals surface area contributed by atoms with Crippen molar-refractivity contribution in [1.82, 2.24) is 28.8 Å². The molecule has 1 fully saturated rings. The molecule has 232 valence electrons. The summed E-state index contributed by atoms with van der Waals surface area (Å²) in [6.45, 7) is 1.87. The average Bonchev–Trinajstić information content (AvgIpc) is 3.46. The quantitative estimate of drug-likeness (QED) is 0.277. The molecule has 4 heterocycles. The Labute approximate surface area is 260 Å². The van der Waals surface area contributed by atoms with Crippen molar-refractivity contribution >= 4 is 22.6 Å². The Morgan fingerprint density at radius 3 is 2.54 bits per heavy atom. The van der Waals surface area contributed by atoms with Crippen LogP contribution >= 0.6 is 0 Å². The Kier molecular flexibility index (Phi) is 7.19. The summed E-state index contributed by atoms with van der Waals surface area (Å²) in [5.74, 6) is -1.41. The third-order valence-corrected chi connectivity index (χ3v) is 8.56. The number of imidazole rings is 1. The first-order chi connectivity index (χ1) is 22.2. The lowest BCUT2D eigenvalue weighted by Crippen LogP contribution is -2.45. The zero-order valence-corrected chi connectivity index (χ0v) is 24.7. The molecule has 1 amide bonds. The standard InChI is InChI=1S/C34H28F2N6O4/c1-19-13-26(43)10-11-27(19)20-3-2-4-25(14-20)41-31-28(15-22(36)16-37-31)33(45)42(34(41)46)24-8-6-23(7-9-24)38-32(44)29-18-40-17-21(35)5-12-30(40)39-29/h2-5,10-18,23-24,43H,6-9H2,1H3,(H,38,44)/t23-,24+. The third kappa shape index (κ3) is 5.21. The van der Waals surface area contributed by atoms with Gasteiger partial charge in [0.25, 0.3) is 11.5 Å². The van der Waals surface area contributed by atoms with Gasteiger partial charge in [-0.05, 0) is 91.8 Å². The van der Waals surface area contributed by atoms with Crippen molar-refractivity contribution in [3.05, 3.63) is 123 Å².